The normalized spacial score (nSPS) is 17.2. The minimum Gasteiger partial charge on any atom is -0.481 e. The molecule has 18 heavy (non-hydrogen) atoms. The van der Waals surface area contributed by atoms with Crippen molar-refractivity contribution < 1.29 is 9.90 Å². The van der Waals surface area contributed by atoms with Crippen molar-refractivity contribution in [3.05, 3.63) is 34.9 Å². The van der Waals surface area contributed by atoms with Crippen LogP contribution in [-0.4, -0.2) is 29.1 Å². The number of halogens is 2. The van der Waals surface area contributed by atoms with Gasteiger partial charge in [0.25, 0.3) is 0 Å². The van der Waals surface area contributed by atoms with E-state index >= 15 is 0 Å². The average molecular weight is 290 g/mol. The Kier molecular flexibility index (Phi) is 5.93. The standard InChI is InChI=1S/C13H16ClNO2.ClH/c14-12-3-1-2-10(8-12)9-15-6-4-11(5-7-15)13(16)17;/h1-3,8,11H,4-7,9H2,(H,16,17);1H. The number of hydrogen-bond donors (Lipinski definition) is 1. The number of benzene rings is 1. The molecule has 0 unspecified atom stereocenters. The molecule has 1 fully saturated rings. The Bertz CT molecular complexity index is 404. The highest BCUT2D eigenvalue weighted by Gasteiger charge is 2.24. The summed E-state index contributed by atoms with van der Waals surface area (Å²) in [6, 6.07) is 7.82. The summed E-state index contributed by atoms with van der Waals surface area (Å²) in [4.78, 5) is 13.1. The van der Waals surface area contributed by atoms with Gasteiger partial charge in [-0.2, -0.15) is 0 Å². The fourth-order valence-electron chi connectivity index (χ4n) is 2.23. The van der Waals surface area contributed by atoms with Crippen molar-refractivity contribution in [3.63, 3.8) is 0 Å². The van der Waals surface area contributed by atoms with E-state index in [1.165, 1.54) is 5.56 Å². The van der Waals surface area contributed by atoms with Gasteiger partial charge in [-0.15, -0.1) is 12.4 Å². The zero-order valence-corrected chi connectivity index (χ0v) is 11.6. The van der Waals surface area contributed by atoms with Crippen LogP contribution in [0.5, 0.6) is 0 Å². The number of carboxylic acids is 1. The Morgan fingerprint density at radius 3 is 2.61 bits per heavy atom. The number of piperidine rings is 1. The summed E-state index contributed by atoms with van der Waals surface area (Å²) < 4.78 is 0. The summed E-state index contributed by atoms with van der Waals surface area (Å²) in [6.45, 7) is 2.56. The van der Waals surface area contributed by atoms with Gasteiger partial charge in [-0.05, 0) is 43.6 Å². The molecule has 1 heterocycles. The number of carbonyl (C=O) groups is 1. The van der Waals surface area contributed by atoms with Crippen molar-refractivity contribution >= 4 is 30.0 Å². The number of rotatable bonds is 3. The van der Waals surface area contributed by atoms with Crippen molar-refractivity contribution in [2.24, 2.45) is 5.92 Å². The molecule has 0 amide bonds. The van der Waals surface area contributed by atoms with E-state index in [1.54, 1.807) is 0 Å². The first-order valence-corrected chi connectivity index (χ1v) is 6.22. The summed E-state index contributed by atoms with van der Waals surface area (Å²) in [5.74, 6) is -0.821. The predicted molar refractivity (Wildman–Crippen MR) is 74.3 cm³/mol. The second kappa shape index (κ2) is 6.98. The Hall–Kier alpha value is -0.770. The molecule has 1 aromatic rings. The number of aliphatic carboxylic acids is 1. The summed E-state index contributed by atoms with van der Waals surface area (Å²) in [7, 11) is 0. The first-order chi connectivity index (χ1) is 8.15. The van der Waals surface area contributed by atoms with Crippen LogP contribution in [0.1, 0.15) is 18.4 Å². The molecular formula is C13H17Cl2NO2. The fourth-order valence-corrected chi connectivity index (χ4v) is 2.44. The lowest BCUT2D eigenvalue weighted by Crippen LogP contribution is -2.35. The smallest absolute Gasteiger partial charge is 0.306 e. The lowest BCUT2D eigenvalue weighted by atomic mass is 9.97. The van der Waals surface area contributed by atoms with Crippen molar-refractivity contribution in [1.29, 1.82) is 0 Å². The zero-order valence-electron chi connectivity index (χ0n) is 10.0. The highest BCUT2D eigenvalue weighted by atomic mass is 35.5. The molecule has 3 nitrogen and oxygen atoms in total. The van der Waals surface area contributed by atoms with E-state index in [0.717, 1.165) is 37.5 Å². The molecule has 2 rings (SSSR count). The van der Waals surface area contributed by atoms with Gasteiger partial charge in [0.05, 0.1) is 5.92 Å². The molecule has 0 aromatic heterocycles. The minimum absolute atomic E-state index is 0. The number of nitrogens with zero attached hydrogens (tertiary/aromatic N) is 1. The Labute approximate surface area is 118 Å². The molecule has 0 radical (unpaired) electrons. The van der Waals surface area contributed by atoms with Crippen molar-refractivity contribution in [3.8, 4) is 0 Å². The molecule has 5 heteroatoms. The summed E-state index contributed by atoms with van der Waals surface area (Å²) in [6.07, 6.45) is 1.49. The summed E-state index contributed by atoms with van der Waals surface area (Å²) >= 11 is 5.93. The second-order valence-corrected chi connectivity index (χ2v) is 4.96. The maximum atomic E-state index is 10.8. The van der Waals surface area contributed by atoms with Crippen LogP contribution in [0, 0.1) is 5.92 Å². The lowest BCUT2D eigenvalue weighted by Gasteiger charge is -2.30. The number of hydrogen-bond acceptors (Lipinski definition) is 2. The van der Waals surface area contributed by atoms with Gasteiger partial charge in [0.15, 0.2) is 0 Å². The van der Waals surface area contributed by atoms with Crippen molar-refractivity contribution in [1.82, 2.24) is 4.90 Å². The fraction of sp³-hybridized carbons (Fsp3) is 0.462. The van der Waals surface area contributed by atoms with Gasteiger partial charge in [0, 0.05) is 11.6 Å². The topological polar surface area (TPSA) is 40.5 Å². The van der Waals surface area contributed by atoms with E-state index in [0.29, 0.717) is 0 Å². The van der Waals surface area contributed by atoms with Crippen molar-refractivity contribution in [2.45, 2.75) is 19.4 Å². The van der Waals surface area contributed by atoms with E-state index in [1.807, 2.05) is 18.2 Å². The van der Waals surface area contributed by atoms with Gasteiger partial charge in [-0.3, -0.25) is 9.69 Å². The molecule has 1 aromatic carbocycles. The van der Waals surface area contributed by atoms with Crippen LogP contribution in [-0.2, 0) is 11.3 Å². The highest BCUT2D eigenvalue weighted by molar-refractivity contribution is 6.30. The summed E-state index contributed by atoms with van der Waals surface area (Å²) in [5.41, 5.74) is 1.19. The van der Waals surface area contributed by atoms with Crippen molar-refractivity contribution in [2.75, 3.05) is 13.1 Å². The van der Waals surface area contributed by atoms with E-state index in [2.05, 4.69) is 11.0 Å². The van der Waals surface area contributed by atoms with Gasteiger partial charge in [0.1, 0.15) is 0 Å². The Morgan fingerprint density at radius 1 is 1.39 bits per heavy atom. The third kappa shape index (κ3) is 4.16. The zero-order chi connectivity index (χ0) is 12.3. The predicted octanol–water partition coefficient (Wildman–Crippen LogP) is 3.06. The molecule has 1 aliphatic rings. The van der Waals surface area contributed by atoms with Crippen LogP contribution in [0.25, 0.3) is 0 Å². The van der Waals surface area contributed by atoms with Gasteiger partial charge >= 0.3 is 5.97 Å². The minimum atomic E-state index is -0.660. The maximum Gasteiger partial charge on any atom is 0.306 e. The molecule has 0 atom stereocenters. The van der Waals surface area contributed by atoms with Gasteiger partial charge < -0.3 is 5.11 Å². The molecule has 1 N–H and O–H groups in total. The SMILES string of the molecule is Cl.O=C(O)C1CCN(Cc2cccc(Cl)c2)CC1. The molecule has 0 bridgehead atoms. The second-order valence-electron chi connectivity index (χ2n) is 4.52. The molecular weight excluding hydrogens is 273 g/mol. The third-order valence-electron chi connectivity index (χ3n) is 3.23. The molecule has 0 spiro atoms. The largest absolute Gasteiger partial charge is 0.481 e. The number of carboxylic acid groups (broad SMARTS) is 1. The van der Waals surface area contributed by atoms with Gasteiger partial charge in [-0.1, -0.05) is 23.7 Å². The summed E-state index contributed by atoms with van der Waals surface area (Å²) in [5, 5.41) is 9.67. The Morgan fingerprint density at radius 2 is 2.06 bits per heavy atom. The molecule has 1 aliphatic heterocycles. The molecule has 100 valence electrons. The third-order valence-corrected chi connectivity index (χ3v) is 3.47. The van der Waals surface area contributed by atoms with Crippen LogP contribution >= 0.6 is 24.0 Å². The maximum absolute atomic E-state index is 10.8. The van der Waals surface area contributed by atoms with Crippen LogP contribution in [0.15, 0.2) is 24.3 Å². The molecule has 0 aliphatic carbocycles. The van der Waals surface area contributed by atoms with Crippen LogP contribution < -0.4 is 0 Å². The van der Waals surface area contributed by atoms with Crippen LogP contribution in [0.3, 0.4) is 0 Å². The number of likely N-dealkylation sites (tertiary alicyclic amines) is 1. The lowest BCUT2D eigenvalue weighted by molar-refractivity contribution is -0.143. The highest BCUT2D eigenvalue weighted by Crippen LogP contribution is 2.20. The van der Waals surface area contributed by atoms with Crippen LogP contribution in [0.2, 0.25) is 5.02 Å². The average Bonchev–Trinajstić information content (AvgIpc) is 2.29. The van der Waals surface area contributed by atoms with E-state index in [9.17, 15) is 4.79 Å². The van der Waals surface area contributed by atoms with Crippen LogP contribution in [0.4, 0.5) is 0 Å². The van der Waals surface area contributed by atoms with Gasteiger partial charge in [-0.25, -0.2) is 0 Å². The van der Waals surface area contributed by atoms with E-state index in [-0.39, 0.29) is 18.3 Å². The quantitative estimate of drug-likeness (QED) is 0.930. The molecule has 0 saturated carbocycles. The van der Waals surface area contributed by atoms with E-state index < -0.39 is 5.97 Å². The Balaban J connectivity index is 0.00000162. The first kappa shape index (κ1) is 15.3. The van der Waals surface area contributed by atoms with Gasteiger partial charge in [0.2, 0.25) is 0 Å². The first-order valence-electron chi connectivity index (χ1n) is 5.85. The van der Waals surface area contributed by atoms with E-state index in [4.69, 9.17) is 16.7 Å². The molecule has 1 saturated heterocycles. The monoisotopic (exact) mass is 289 g/mol.